The van der Waals surface area contributed by atoms with E-state index >= 15 is 0 Å². The summed E-state index contributed by atoms with van der Waals surface area (Å²) in [5.41, 5.74) is 2.26. The first-order chi connectivity index (χ1) is 15.6. The van der Waals surface area contributed by atoms with E-state index in [1.165, 1.54) is 0 Å². The highest BCUT2D eigenvalue weighted by molar-refractivity contribution is 5.80. The van der Waals surface area contributed by atoms with Crippen LogP contribution in [-0.4, -0.2) is 57.9 Å². The lowest BCUT2D eigenvalue weighted by atomic mass is 10.2. The van der Waals surface area contributed by atoms with Crippen molar-refractivity contribution in [2.24, 2.45) is 5.16 Å². The number of hydrogen-bond donors (Lipinski definition) is 1. The average molecular weight is 434 g/mol. The minimum atomic E-state index is 0.233. The maximum absolute atomic E-state index is 9.63. The normalized spacial score (nSPS) is 20.2. The van der Waals surface area contributed by atoms with Crippen LogP contribution in [0, 0.1) is 0 Å². The molecule has 5 rings (SSSR count). The van der Waals surface area contributed by atoms with Gasteiger partial charge >= 0.3 is 0 Å². The second-order valence-electron chi connectivity index (χ2n) is 8.23. The van der Waals surface area contributed by atoms with E-state index in [4.69, 9.17) is 13.9 Å². The molecule has 1 saturated heterocycles. The second-order valence-corrected chi connectivity index (χ2v) is 8.23. The number of ether oxygens (including phenoxy) is 2. The van der Waals surface area contributed by atoms with Crippen LogP contribution in [0.1, 0.15) is 13.8 Å². The fraction of sp³-hybridized carbons (Fsp3) is 0.333. The molecule has 1 N–H and O–H groups in total. The first-order valence-corrected chi connectivity index (χ1v) is 10.8. The molecule has 0 radical (unpaired) electrons. The summed E-state index contributed by atoms with van der Waals surface area (Å²) in [4.78, 5) is 6.80. The van der Waals surface area contributed by atoms with Gasteiger partial charge in [-0.05, 0) is 50.2 Å². The molecule has 4 aromatic rings. The van der Waals surface area contributed by atoms with Gasteiger partial charge in [-0.1, -0.05) is 5.16 Å². The SMILES string of the molecule is C[C@@H]1CN(CCOc2ccc3oc(-c4cc5cccn5cn4)c/c(=N/O)c3c2)C[C@H](C)O1. The van der Waals surface area contributed by atoms with Gasteiger partial charge in [-0.15, -0.1) is 0 Å². The third-order valence-electron chi connectivity index (χ3n) is 5.66. The number of aromatic nitrogens is 2. The van der Waals surface area contributed by atoms with E-state index in [1.54, 1.807) is 12.4 Å². The van der Waals surface area contributed by atoms with Crippen molar-refractivity contribution < 1.29 is 19.1 Å². The maximum atomic E-state index is 9.63. The standard InChI is InChI=1S/C24H26N4O4/c1-16-13-27(14-17(2)31-16)8-9-30-19-5-6-23-20(11-19)21(26-29)12-24(32-23)22-10-18-4-3-7-28(18)15-25-22/h3-7,10-12,15-17,29H,8-9,13-14H2,1-2H3/b26-21-/t16-,17+. The minimum absolute atomic E-state index is 0.233. The van der Waals surface area contributed by atoms with E-state index in [0.717, 1.165) is 25.2 Å². The predicted molar refractivity (Wildman–Crippen MR) is 120 cm³/mol. The summed E-state index contributed by atoms with van der Waals surface area (Å²) in [5, 5.41) is 14.2. The lowest BCUT2D eigenvalue weighted by molar-refractivity contribution is -0.0699. The van der Waals surface area contributed by atoms with Gasteiger partial charge in [0.2, 0.25) is 0 Å². The second kappa shape index (κ2) is 8.64. The van der Waals surface area contributed by atoms with Crippen LogP contribution < -0.4 is 10.1 Å². The Morgan fingerprint density at radius 3 is 2.81 bits per heavy atom. The van der Waals surface area contributed by atoms with Crippen LogP contribution in [-0.2, 0) is 4.74 Å². The molecule has 8 heteroatoms. The fourth-order valence-corrected chi connectivity index (χ4v) is 4.28. The lowest BCUT2D eigenvalue weighted by Crippen LogP contribution is -2.46. The van der Waals surface area contributed by atoms with Crippen LogP contribution in [0.2, 0.25) is 0 Å². The molecule has 0 bridgehead atoms. The molecule has 0 unspecified atom stereocenters. The Morgan fingerprint density at radius 1 is 1.16 bits per heavy atom. The Labute approximate surface area is 185 Å². The van der Waals surface area contributed by atoms with Gasteiger partial charge in [0, 0.05) is 37.4 Å². The van der Waals surface area contributed by atoms with E-state index in [1.807, 2.05) is 47.0 Å². The summed E-state index contributed by atoms with van der Waals surface area (Å²) in [7, 11) is 0. The van der Waals surface area contributed by atoms with Crippen molar-refractivity contribution in [3.63, 3.8) is 0 Å². The molecule has 166 valence electrons. The van der Waals surface area contributed by atoms with Crippen molar-refractivity contribution in [3.05, 3.63) is 60.3 Å². The highest BCUT2D eigenvalue weighted by Crippen LogP contribution is 2.24. The van der Waals surface area contributed by atoms with Crippen molar-refractivity contribution in [3.8, 4) is 17.2 Å². The van der Waals surface area contributed by atoms with Crippen LogP contribution >= 0.6 is 0 Å². The number of fused-ring (bicyclic) bond motifs is 2. The van der Waals surface area contributed by atoms with Crippen molar-refractivity contribution in [2.75, 3.05) is 26.2 Å². The largest absolute Gasteiger partial charge is 0.492 e. The third-order valence-corrected chi connectivity index (χ3v) is 5.66. The molecular formula is C24H26N4O4. The Bertz CT molecular complexity index is 1300. The Balaban J connectivity index is 1.36. The van der Waals surface area contributed by atoms with E-state index in [-0.39, 0.29) is 12.2 Å². The monoisotopic (exact) mass is 434 g/mol. The maximum Gasteiger partial charge on any atom is 0.155 e. The van der Waals surface area contributed by atoms with Gasteiger partial charge in [-0.25, -0.2) is 4.98 Å². The average Bonchev–Trinajstić information content (AvgIpc) is 3.25. The highest BCUT2D eigenvalue weighted by atomic mass is 16.5. The van der Waals surface area contributed by atoms with Gasteiger partial charge in [0.25, 0.3) is 0 Å². The zero-order chi connectivity index (χ0) is 22.1. The van der Waals surface area contributed by atoms with Crippen LogP contribution in [0.15, 0.2) is 64.6 Å². The van der Waals surface area contributed by atoms with Crippen LogP contribution in [0.5, 0.6) is 5.75 Å². The zero-order valence-corrected chi connectivity index (χ0v) is 18.1. The van der Waals surface area contributed by atoms with Crippen LogP contribution in [0.25, 0.3) is 27.9 Å². The van der Waals surface area contributed by atoms with E-state index in [0.29, 0.717) is 40.1 Å². The molecule has 0 aliphatic carbocycles. The van der Waals surface area contributed by atoms with E-state index < -0.39 is 0 Å². The highest BCUT2D eigenvalue weighted by Gasteiger charge is 2.21. The summed E-state index contributed by atoms with van der Waals surface area (Å²) in [6.45, 7) is 7.39. The van der Waals surface area contributed by atoms with Crippen molar-refractivity contribution in [2.45, 2.75) is 26.1 Å². The molecule has 2 atom stereocenters. The molecule has 8 nitrogen and oxygen atoms in total. The Kier molecular flexibility index (Phi) is 5.55. The molecule has 32 heavy (non-hydrogen) atoms. The number of nitrogens with zero attached hydrogens (tertiary/aromatic N) is 4. The van der Waals surface area contributed by atoms with Gasteiger partial charge in [-0.3, -0.25) is 4.90 Å². The molecule has 0 saturated carbocycles. The number of benzene rings is 1. The topological polar surface area (TPSA) is 84.7 Å². The van der Waals surface area contributed by atoms with E-state index in [2.05, 4.69) is 28.9 Å². The first kappa shape index (κ1) is 20.5. The van der Waals surface area contributed by atoms with Crippen LogP contribution in [0.4, 0.5) is 0 Å². The molecular weight excluding hydrogens is 408 g/mol. The number of morpholine rings is 1. The van der Waals surface area contributed by atoms with Gasteiger partial charge in [0.15, 0.2) is 5.76 Å². The molecule has 0 spiro atoms. The molecule has 1 aromatic carbocycles. The van der Waals surface area contributed by atoms with Crippen molar-refractivity contribution >= 4 is 16.5 Å². The van der Waals surface area contributed by atoms with Gasteiger partial charge < -0.3 is 23.5 Å². The van der Waals surface area contributed by atoms with Gasteiger partial charge in [0.1, 0.15) is 29.0 Å². The van der Waals surface area contributed by atoms with E-state index in [9.17, 15) is 5.21 Å². The van der Waals surface area contributed by atoms with Crippen LogP contribution in [0.3, 0.4) is 0 Å². The summed E-state index contributed by atoms with van der Waals surface area (Å²) in [6, 6.07) is 13.1. The minimum Gasteiger partial charge on any atom is -0.492 e. The fourth-order valence-electron chi connectivity index (χ4n) is 4.28. The molecule has 0 amide bonds. The summed E-state index contributed by atoms with van der Waals surface area (Å²) in [5.74, 6) is 1.23. The molecule has 1 aliphatic rings. The van der Waals surface area contributed by atoms with Gasteiger partial charge in [-0.2, -0.15) is 0 Å². The molecule has 1 fully saturated rings. The smallest absolute Gasteiger partial charge is 0.155 e. The number of hydrogen-bond acceptors (Lipinski definition) is 7. The van der Waals surface area contributed by atoms with Crippen molar-refractivity contribution in [1.82, 2.24) is 14.3 Å². The summed E-state index contributed by atoms with van der Waals surface area (Å²) in [6.07, 6.45) is 4.13. The first-order valence-electron chi connectivity index (χ1n) is 10.8. The Morgan fingerprint density at radius 2 is 2.00 bits per heavy atom. The third kappa shape index (κ3) is 4.19. The Hall–Kier alpha value is -3.36. The molecule has 4 heterocycles. The summed E-state index contributed by atoms with van der Waals surface area (Å²) >= 11 is 0. The predicted octanol–water partition coefficient (Wildman–Crippen LogP) is 3.53. The van der Waals surface area contributed by atoms with Crippen molar-refractivity contribution in [1.29, 1.82) is 0 Å². The zero-order valence-electron chi connectivity index (χ0n) is 18.1. The quantitative estimate of drug-likeness (QED) is 0.382. The lowest BCUT2D eigenvalue weighted by Gasteiger charge is -2.35. The summed E-state index contributed by atoms with van der Waals surface area (Å²) < 4.78 is 19.8. The number of rotatable bonds is 5. The molecule has 3 aromatic heterocycles. The van der Waals surface area contributed by atoms with Gasteiger partial charge in [0.05, 0.1) is 23.9 Å². The molecule has 1 aliphatic heterocycles.